The highest BCUT2D eigenvalue weighted by Gasteiger charge is 2.53. The Morgan fingerprint density at radius 1 is 0.641 bits per heavy atom. The molecule has 39 heavy (non-hydrogen) atoms. The van der Waals surface area contributed by atoms with Crippen LogP contribution in [0.3, 0.4) is 0 Å². The lowest BCUT2D eigenvalue weighted by Crippen LogP contribution is -2.48. The van der Waals surface area contributed by atoms with Gasteiger partial charge in [-0.1, -0.05) is 60.7 Å². The molecule has 2 N–H and O–H groups in total. The second-order valence-corrected chi connectivity index (χ2v) is 11.8. The molecule has 2 rings (SSSR count). The van der Waals surface area contributed by atoms with Crippen molar-refractivity contribution in [3.05, 3.63) is 71.8 Å². The molecule has 2 aromatic carbocycles. The van der Waals surface area contributed by atoms with E-state index in [0.717, 1.165) is 0 Å². The molecule has 0 aliphatic rings. The zero-order valence-corrected chi connectivity index (χ0v) is 23.7. The van der Waals surface area contributed by atoms with Crippen LogP contribution in [0.15, 0.2) is 60.7 Å². The van der Waals surface area contributed by atoms with Crippen LogP contribution in [0.4, 0.5) is 0 Å². The average molecular weight is 541 g/mol. The zero-order chi connectivity index (χ0) is 29.5. The first-order chi connectivity index (χ1) is 18.0. The lowest BCUT2D eigenvalue weighted by molar-refractivity contribution is -0.187. The van der Waals surface area contributed by atoms with Crippen LogP contribution < -0.4 is 0 Å². The lowest BCUT2D eigenvalue weighted by Gasteiger charge is -2.38. The van der Waals surface area contributed by atoms with Gasteiger partial charge in [-0.3, -0.25) is 19.2 Å². The number of rotatable bonds is 12. The summed E-state index contributed by atoms with van der Waals surface area (Å²) >= 11 is 0. The van der Waals surface area contributed by atoms with E-state index >= 15 is 0 Å². The molecule has 0 spiro atoms. The van der Waals surface area contributed by atoms with Crippen molar-refractivity contribution in [2.75, 3.05) is 0 Å². The molecule has 0 saturated carbocycles. The Morgan fingerprint density at radius 2 is 1.05 bits per heavy atom. The molecule has 0 atom stereocenters. The van der Waals surface area contributed by atoms with Crippen LogP contribution in [-0.2, 0) is 34.1 Å². The molecular weight excluding hydrogens is 500 g/mol. The molecule has 8 heteroatoms. The Morgan fingerprint density at radius 3 is 1.38 bits per heavy atom. The highest BCUT2D eigenvalue weighted by atomic mass is 16.6. The maximum Gasteiger partial charge on any atom is 0.324 e. The fourth-order valence-electron chi connectivity index (χ4n) is 4.56. The van der Waals surface area contributed by atoms with Crippen molar-refractivity contribution in [2.45, 2.75) is 90.3 Å². The molecule has 8 nitrogen and oxygen atoms in total. The Kier molecular flexibility index (Phi) is 10.1. The summed E-state index contributed by atoms with van der Waals surface area (Å²) in [7, 11) is 0. The summed E-state index contributed by atoms with van der Waals surface area (Å²) in [6, 6.07) is 17.3. The zero-order valence-electron chi connectivity index (χ0n) is 23.7. The van der Waals surface area contributed by atoms with E-state index in [0.29, 0.717) is 11.1 Å². The van der Waals surface area contributed by atoms with Crippen molar-refractivity contribution in [3.63, 3.8) is 0 Å². The second-order valence-electron chi connectivity index (χ2n) is 11.8. The number of hydrogen-bond acceptors (Lipinski definition) is 6. The van der Waals surface area contributed by atoms with E-state index in [-0.39, 0.29) is 32.1 Å². The van der Waals surface area contributed by atoms with E-state index in [1.165, 1.54) is 0 Å². The predicted molar refractivity (Wildman–Crippen MR) is 146 cm³/mol. The minimum Gasteiger partial charge on any atom is -0.481 e. The Labute approximate surface area is 230 Å². The monoisotopic (exact) mass is 540 g/mol. The van der Waals surface area contributed by atoms with Crippen molar-refractivity contribution in [2.24, 2.45) is 5.41 Å². The van der Waals surface area contributed by atoms with Crippen LogP contribution in [0.1, 0.15) is 84.8 Å². The van der Waals surface area contributed by atoms with E-state index in [1.54, 1.807) is 102 Å². The highest BCUT2D eigenvalue weighted by Crippen LogP contribution is 2.44. The molecule has 0 amide bonds. The van der Waals surface area contributed by atoms with E-state index in [1.807, 2.05) is 0 Å². The van der Waals surface area contributed by atoms with Crippen LogP contribution in [0.2, 0.25) is 0 Å². The highest BCUT2D eigenvalue weighted by molar-refractivity contribution is 6.00. The summed E-state index contributed by atoms with van der Waals surface area (Å²) in [5.41, 5.74) is -4.49. The molecule has 0 bridgehead atoms. The van der Waals surface area contributed by atoms with Crippen molar-refractivity contribution in [1.29, 1.82) is 0 Å². The van der Waals surface area contributed by atoms with Gasteiger partial charge in [-0.05, 0) is 78.4 Å². The Bertz CT molecular complexity index is 1070. The van der Waals surface area contributed by atoms with Crippen LogP contribution in [0, 0.1) is 5.41 Å². The molecule has 0 unspecified atom stereocenters. The van der Waals surface area contributed by atoms with Crippen molar-refractivity contribution >= 4 is 23.9 Å². The predicted octanol–water partition coefficient (Wildman–Crippen LogP) is 5.76. The number of ether oxygens (including phenoxy) is 2. The average Bonchev–Trinajstić information content (AvgIpc) is 2.82. The fourth-order valence-corrected chi connectivity index (χ4v) is 4.56. The van der Waals surface area contributed by atoms with E-state index in [2.05, 4.69) is 0 Å². The lowest BCUT2D eigenvalue weighted by atomic mass is 9.66. The summed E-state index contributed by atoms with van der Waals surface area (Å²) in [5.74, 6) is -3.96. The minimum absolute atomic E-state index is 0.00936. The van der Waals surface area contributed by atoms with Crippen molar-refractivity contribution in [1.82, 2.24) is 0 Å². The first-order valence-corrected chi connectivity index (χ1v) is 13.1. The van der Waals surface area contributed by atoms with Gasteiger partial charge in [0.2, 0.25) is 0 Å². The van der Waals surface area contributed by atoms with E-state index in [4.69, 9.17) is 9.47 Å². The molecule has 0 radical (unpaired) electrons. The maximum absolute atomic E-state index is 13.8. The summed E-state index contributed by atoms with van der Waals surface area (Å²) in [6.07, 6.45) is -0.865. The number of aliphatic carboxylic acids is 2. The van der Waals surface area contributed by atoms with Gasteiger partial charge >= 0.3 is 23.9 Å². The van der Waals surface area contributed by atoms with Gasteiger partial charge in [0.1, 0.15) is 16.6 Å². The van der Waals surface area contributed by atoms with Crippen LogP contribution in [0.5, 0.6) is 0 Å². The summed E-state index contributed by atoms with van der Waals surface area (Å²) in [6.45, 7) is 9.99. The van der Waals surface area contributed by atoms with Gasteiger partial charge in [0.05, 0.1) is 0 Å². The molecule has 0 aromatic heterocycles. The van der Waals surface area contributed by atoms with Gasteiger partial charge in [-0.2, -0.15) is 0 Å². The van der Waals surface area contributed by atoms with Crippen molar-refractivity contribution in [3.8, 4) is 0 Å². The SMILES string of the molecule is CC(C)(C)OC(=O)C(CCCC(=O)O)(CCC(C(=O)O)(c1ccccc1)c1ccccc1)C(=O)OC(C)(C)C. The Hall–Kier alpha value is -3.68. The largest absolute Gasteiger partial charge is 0.481 e. The number of carbonyl (C=O) groups is 4. The molecular formula is C31H40O8. The topological polar surface area (TPSA) is 127 Å². The second kappa shape index (κ2) is 12.5. The van der Waals surface area contributed by atoms with Crippen molar-refractivity contribution < 1.29 is 38.9 Å². The minimum atomic E-state index is -1.93. The number of carboxylic acid groups (broad SMARTS) is 2. The van der Waals surface area contributed by atoms with Crippen LogP contribution >= 0.6 is 0 Å². The molecule has 0 heterocycles. The fraction of sp³-hybridized carbons (Fsp3) is 0.484. The smallest absolute Gasteiger partial charge is 0.324 e. The van der Waals surface area contributed by atoms with Gasteiger partial charge in [0.15, 0.2) is 5.41 Å². The maximum atomic E-state index is 13.8. The molecule has 0 aliphatic heterocycles. The third kappa shape index (κ3) is 8.15. The Balaban J connectivity index is 2.73. The number of hydrogen-bond donors (Lipinski definition) is 2. The molecule has 0 aliphatic carbocycles. The molecule has 2 aromatic rings. The molecule has 0 fully saturated rings. The van der Waals surface area contributed by atoms with Crippen LogP contribution in [-0.4, -0.2) is 45.3 Å². The first-order valence-electron chi connectivity index (χ1n) is 13.1. The van der Waals surface area contributed by atoms with Gasteiger partial charge in [-0.15, -0.1) is 0 Å². The van der Waals surface area contributed by atoms with Gasteiger partial charge in [-0.25, -0.2) is 0 Å². The third-order valence-electron chi connectivity index (χ3n) is 6.40. The van der Waals surface area contributed by atoms with E-state index < -0.39 is 45.9 Å². The van der Waals surface area contributed by atoms with Gasteiger partial charge in [0.25, 0.3) is 0 Å². The van der Waals surface area contributed by atoms with Crippen LogP contribution in [0.25, 0.3) is 0 Å². The number of carboxylic acids is 2. The third-order valence-corrected chi connectivity index (χ3v) is 6.40. The summed E-state index contributed by atoms with van der Waals surface area (Å²) in [5, 5.41) is 20.0. The molecule has 0 saturated heterocycles. The van der Waals surface area contributed by atoms with E-state index in [9.17, 15) is 29.4 Å². The summed E-state index contributed by atoms with van der Waals surface area (Å²) < 4.78 is 11.4. The molecule has 212 valence electrons. The summed E-state index contributed by atoms with van der Waals surface area (Å²) in [4.78, 5) is 52.1. The number of carbonyl (C=O) groups excluding carboxylic acids is 2. The number of esters is 2. The normalized spacial score (nSPS) is 12.5. The standard InChI is InChI=1S/C31H40O8/c1-28(2,3)38-26(36)30(19-13-18-24(32)33,27(37)39-29(4,5)6)20-21-31(25(34)35,22-14-9-7-10-15-22)23-16-11-8-12-17-23/h7-12,14-17H,13,18-21H2,1-6H3,(H,32,33)(H,34,35). The van der Waals surface area contributed by atoms with Gasteiger partial charge < -0.3 is 19.7 Å². The number of benzene rings is 2. The van der Waals surface area contributed by atoms with Gasteiger partial charge in [0, 0.05) is 6.42 Å². The quantitative estimate of drug-likeness (QED) is 0.257. The first kappa shape index (κ1) is 31.5.